The van der Waals surface area contributed by atoms with Crippen molar-refractivity contribution in [3.8, 4) is 0 Å². The van der Waals surface area contributed by atoms with Crippen molar-refractivity contribution in [3.63, 3.8) is 0 Å². The predicted octanol–water partition coefficient (Wildman–Crippen LogP) is 0.642. The van der Waals surface area contributed by atoms with Crippen molar-refractivity contribution in [2.24, 2.45) is 11.7 Å². The molecular formula is C17H28ClN5O2. The van der Waals surface area contributed by atoms with Crippen LogP contribution < -0.4 is 16.0 Å². The minimum absolute atomic E-state index is 0. The van der Waals surface area contributed by atoms with Gasteiger partial charge in [-0.3, -0.25) is 9.59 Å². The third-order valence-electron chi connectivity index (χ3n) is 4.26. The molecule has 1 aliphatic heterocycles. The van der Waals surface area contributed by atoms with Gasteiger partial charge in [0.2, 0.25) is 11.8 Å². The number of hydrogen-bond donors (Lipinski definition) is 2. The lowest BCUT2D eigenvalue weighted by molar-refractivity contribution is -0.131. The first-order valence-corrected chi connectivity index (χ1v) is 8.46. The first-order chi connectivity index (χ1) is 11.5. The van der Waals surface area contributed by atoms with Gasteiger partial charge in [0.15, 0.2) is 0 Å². The molecule has 1 aromatic heterocycles. The maximum absolute atomic E-state index is 12.2. The number of piperazine rings is 1. The lowest BCUT2D eigenvalue weighted by atomic mass is 10.1. The molecule has 0 radical (unpaired) electrons. The van der Waals surface area contributed by atoms with Gasteiger partial charge in [-0.2, -0.15) is 0 Å². The van der Waals surface area contributed by atoms with Crippen LogP contribution in [0.25, 0.3) is 0 Å². The van der Waals surface area contributed by atoms with Crippen LogP contribution in [0.2, 0.25) is 0 Å². The van der Waals surface area contributed by atoms with E-state index in [1.165, 1.54) is 0 Å². The fourth-order valence-corrected chi connectivity index (χ4v) is 2.60. The number of nitrogens with zero attached hydrogens (tertiary/aromatic N) is 3. The van der Waals surface area contributed by atoms with Gasteiger partial charge in [0, 0.05) is 45.3 Å². The largest absolute Gasteiger partial charge is 0.354 e. The SMILES string of the molecule is CC(C)[C@H](N)C(=O)NCCC(=O)N1CCN(c2ccccn2)CC1.Cl. The molecule has 1 aliphatic rings. The van der Waals surface area contributed by atoms with Crippen molar-refractivity contribution in [2.75, 3.05) is 37.6 Å². The summed E-state index contributed by atoms with van der Waals surface area (Å²) in [6.45, 7) is 7.02. The van der Waals surface area contributed by atoms with Crippen LogP contribution in [0.1, 0.15) is 20.3 Å². The Balaban J connectivity index is 0.00000312. The van der Waals surface area contributed by atoms with E-state index in [-0.39, 0.29) is 30.1 Å². The molecule has 1 atom stereocenters. The number of pyridine rings is 1. The predicted molar refractivity (Wildman–Crippen MR) is 101 cm³/mol. The summed E-state index contributed by atoms with van der Waals surface area (Å²) in [4.78, 5) is 32.4. The van der Waals surface area contributed by atoms with Crippen LogP contribution in [0.3, 0.4) is 0 Å². The quantitative estimate of drug-likeness (QED) is 0.767. The third kappa shape index (κ3) is 6.17. The number of nitrogens with one attached hydrogen (secondary N) is 1. The molecule has 0 spiro atoms. The summed E-state index contributed by atoms with van der Waals surface area (Å²) in [5, 5.41) is 2.74. The molecule has 2 rings (SSSR count). The Bertz CT molecular complexity index is 547. The Morgan fingerprint density at radius 2 is 1.92 bits per heavy atom. The number of carbonyl (C=O) groups is 2. The van der Waals surface area contributed by atoms with Crippen LogP contribution in [0.15, 0.2) is 24.4 Å². The highest BCUT2D eigenvalue weighted by Crippen LogP contribution is 2.12. The first-order valence-electron chi connectivity index (χ1n) is 8.46. The number of hydrogen-bond acceptors (Lipinski definition) is 5. The van der Waals surface area contributed by atoms with Gasteiger partial charge in [0.1, 0.15) is 5.82 Å². The van der Waals surface area contributed by atoms with Crippen molar-refractivity contribution in [3.05, 3.63) is 24.4 Å². The number of rotatable bonds is 6. The zero-order valence-electron chi connectivity index (χ0n) is 14.9. The van der Waals surface area contributed by atoms with E-state index in [4.69, 9.17) is 5.73 Å². The third-order valence-corrected chi connectivity index (χ3v) is 4.26. The Morgan fingerprint density at radius 3 is 2.48 bits per heavy atom. The lowest BCUT2D eigenvalue weighted by Crippen LogP contribution is -2.50. The highest BCUT2D eigenvalue weighted by Gasteiger charge is 2.22. The molecule has 7 nitrogen and oxygen atoms in total. The Morgan fingerprint density at radius 1 is 1.24 bits per heavy atom. The molecule has 3 N–H and O–H groups in total. The highest BCUT2D eigenvalue weighted by atomic mass is 35.5. The fraction of sp³-hybridized carbons (Fsp3) is 0.588. The summed E-state index contributed by atoms with van der Waals surface area (Å²) in [6.07, 6.45) is 2.08. The molecule has 2 amide bonds. The summed E-state index contributed by atoms with van der Waals surface area (Å²) in [7, 11) is 0. The molecule has 1 saturated heterocycles. The topological polar surface area (TPSA) is 91.6 Å². The van der Waals surface area contributed by atoms with Crippen molar-refractivity contribution < 1.29 is 9.59 Å². The summed E-state index contributed by atoms with van der Waals surface area (Å²) < 4.78 is 0. The van der Waals surface area contributed by atoms with Crippen LogP contribution in [0.5, 0.6) is 0 Å². The normalized spacial score (nSPS) is 15.5. The molecule has 25 heavy (non-hydrogen) atoms. The molecule has 0 aromatic carbocycles. The number of carbonyl (C=O) groups excluding carboxylic acids is 2. The molecule has 0 saturated carbocycles. The van der Waals surface area contributed by atoms with Crippen molar-refractivity contribution in [2.45, 2.75) is 26.3 Å². The van der Waals surface area contributed by atoms with Crippen molar-refractivity contribution in [1.82, 2.24) is 15.2 Å². The van der Waals surface area contributed by atoms with E-state index in [1.807, 2.05) is 36.9 Å². The molecule has 1 aromatic rings. The van der Waals surface area contributed by atoms with E-state index in [9.17, 15) is 9.59 Å². The summed E-state index contributed by atoms with van der Waals surface area (Å²) >= 11 is 0. The summed E-state index contributed by atoms with van der Waals surface area (Å²) in [5.41, 5.74) is 5.77. The van der Waals surface area contributed by atoms with Gasteiger partial charge in [0.25, 0.3) is 0 Å². The van der Waals surface area contributed by atoms with Crippen LogP contribution in [-0.4, -0.2) is 60.5 Å². The van der Waals surface area contributed by atoms with Gasteiger partial charge >= 0.3 is 0 Å². The maximum Gasteiger partial charge on any atom is 0.237 e. The van der Waals surface area contributed by atoms with Gasteiger partial charge in [-0.05, 0) is 18.1 Å². The van der Waals surface area contributed by atoms with Gasteiger partial charge in [0.05, 0.1) is 6.04 Å². The van der Waals surface area contributed by atoms with E-state index in [2.05, 4.69) is 15.2 Å². The van der Waals surface area contributed by atoms with Crippen LogP contribution in [-0.2, 0) is 9.59 Å². The van der Waals surface area contributed by atoms with E-state index in [0.717, 1.165) is 18.9 Å². The minimum Gasteiger partial charge on any atom is -0.354 e. The molecule has 0 aliphatic carbocycles. The molecule has 1 fully saturated rings. The smallest absolute Gasteiger partial charge is 0.237 e. The van der Waals surface area contributed by atoms with Crippen molar-refractivity contribution in [1.29, 1.82) is 0 Å². The number of nitrogens with two attached hydrogens (primary N) is 1. The van der Waals surface area contributed by atoms with E-state index in [1.54, 1.807) is 6.20 Å². The van der Waals surface area contributed by atoms with Gasteiger partial charge in [-0.1, -0.05) is 19.9 Å². The minimum atomic E-state index is -0.526. The average molecular weight is 370 g/mol. The van der Waals surface area contributed by atoms with Gasteiger partial charge in [-0.15, -0.1) is 12.4 Å². The maximum atomic E-state index is 12.2. The number of halogens is 1. The average Bonchev–Trinajstić information content (AvgIpc) is 2.61. The summed E-state index contributed by atoms with van der Waals surface area (Å²) in [6, 6.07) is 5.31. The molecular weight excluding hydrogens is 342 g/mol. The number of anilines is 1. The standard InChI is InChI=1S/C17H27N5O2.ClH/c1-13(2)16(18)17(24)20-8-6-15(23)22-11-9-21(10-12-22)14-5-3-4-7-19-14;/h3-5,7,13,16H,6,8-12,18H2,1-2H3,(H,20,24);1H/t16-;/m0./s1. The number of aromatic nitrogens is 1. The van der Waals surface area contributed by atoms with Crippen LogP contribution in [0, 0.1) is 5.92 Å². The Hall–Kier alpha value is -1.86. The van der Waals surface area contributed by atoms with Crippen molar-refractivity contribution >= 4 is 30.0 Å². The molecule has 8 heteroatoms. The van der Waals surface area contributed by atoms with E-state index < -0.39 is 6.04 Å². The second kappa shape index (κ2) is 10.2. The second-order valence-corrected chi connectivity index (χ2v) is 6.37. The highest BCUT2D eigenvalue weighted by molar-refractivity contribution is 5.85. The fourth-order valence-electron chi connectivity index (χ4n) is 2.60. The van der Waals surface area contributed by atoms with E-state index >= 15 is 0 Å². The van der Waals surface area contributed by atoms with Crippen LogP contribution in [0.4, 0.5) is 5.82 Å². The van der Waals surface area contributed by atoms with E-state index in [0.29, 0.717) is 26.1 Å². The molecule has 2 heterocycles. The van der Waals surface area contributed by atoms with Gasteiger partial charge < -0.3 is 20.9 Å². The summed E-state index contributed by atoms with van der Waals surface area (Å²) in [5.74, 6) is 0.895. The second-order valence-electron chi connectivity index (χ2n) is 6.37. The zero-order valence-corrected chi connectivity index (χ0v) is 15.7. The van der Waals surface area contributed by atoms with Crippen LogP contribution >= 0.6 is 12.4 Å². The Kier molecular flexibility index (Phi) is 8.65. The monoisotopic (exact) mass is 369 g/mol. The molecule has 0 bridgehead atoms. The first kappa shape index (κ1) is 21.2. The molecule has 140 valence electrons. The lowest BCUT2D eigenvalue weighted by Gasteiger charge is -2.35. The Labute approximate surface area is 155 Å². The van der Waals surface area contributed by atoms with Gasteiger partial charge in [-0.25, -0.2) is 4.98 Å². The number of amides is 2. The zero-order chi connectivity index (χ0) is 17.5. The molecule has 0 unspecified atom stereocenters.